The maximum atomic E-state index is 12.2. The maximum Gasteiger partial charge on any atom is 0.335 e. The van der Waals surface area contributed by atoms with Crippen LogP contribution in [0.3, 0.4) is 0 Å². The Balaban J connectivity index is 2.07. The molecule has 0 aromatic heterocycles. The number of rotatable bonds is 5. The van der Waals surface area contributed by atoms with Crippen molar-refractivity contribution in [2.24, 2.45) is 11.8 Å². The van der Waals surface area contributed by atoms with Crippen LogP contribution in [0.15, 0.2) is 24.3 Å². The number of benzene rings is 1. The molecule has 6 nitrogen and oxygen atoms in total. The molecule has 112 valence electrons. The van der Waals surface area contributed by atoms with Crippen molar-refractivity contribution in [2.75, 3.05) is 5.32 Å². The van der Waals surface area contributed by atoms with Crippen molar-refractivity contribution in [3.05, 3.63) is 29.8 Å². The first-order chi connectivity index (χ1) is 9.99. The van der Waals surface area contributed by atoms with E-state index in [-0.39, 0.29) is 11.5 Å². The van der Waals surface area contributed by atoms with Crippen LogP contribution in [-0.2, 0) is 9.59 Å². The number of hydrogen-bond donors (Lipinski definition) is 3. The Hall–Kier alpha value is -2.37. The van der Waals surface area contributed by atoms with Crippen LogP contribution in [0.25, 0.3) is 0 Å². The monoisotopic (exact) mass is 291 g/mol. The molecule has 6 heteroatoms. The minimum Gasteiger partial charge on any atom is -0.481 e. The van der Waals surface area contributed by atoms with Crippen molar-refractivity contribution in [2.45, 2.75) is 25.7 Å². The average molecular weight is 291 g/mol. The molecule has 0 bridgehead atoms. The zero-order valence-electron chi connectivity index (χ0n) is 11.4. The van der Waals surface area contributed by atoms with Gasteiger partial charge in [0.15, 0.2) is 0 Å². The molecule has 0 aliphatic heterocycles. The Kier molecular flexibility index (Phi) is 4.57. The molecule has 1 aromatic carbocycles. The van der Waals surface area contributed by atoms with Gasteiger partial charge in [0.05, 0.1) is 5.56 Å². The van der Waals surface area contributed by atoms with Crippen LogP contribution < -0.4 is 5.32 Å². The minimum absolute atomic E-state index is 0.110. The van der Waals surface area contributed by atoms with Gasteiger partial charge in [-0.15, -0.1) is 0 Å². The summed E-state index contributed by atoms with van der Waals surface area (Å²) in [6, 6.07) is 5.64. The summed E-state index contributed by atoms with van der Waals surface area (Å²) in [4.78, 5) is 34.2. The zero-order valence-corrected chi connectivity index (χ0v) is 11.4. The van der Waals surface area contributed by atoms with E-state index in [2.05, 4.69) is 5.32 Å². The molecule has 0 saturated heterocycles. The maximum absolute atomic E-state index is 12.2. The molecule has 0 radical (unpaired) electrons. The summed E-state index contributed by atoms with van der Waals surface area (Å²) in [6.45, 7) is 0. The summed E-state index contributed by atoms with van der Waals surface area (Å²) in [5.74, 6) is -3.88. The van der Waals surface area contributed by atoms with Crippen molar-refractivity contribution in [1.29, 1.82) is 0 Å². The summed E-state index contributed by atoms with van der Waals surface area (Å²) in [7, 11) is 0. The van der Waals surface area contributed by atoms with Crippen LogP contribution in [0.5, 0.6) is 0 Å². The highest BCUT2D eigenvalue weighted by atomic mass is 16.4. The number of anilines is 1. The first-order valence-corrected chi connectivity index (χ1v) is 6.86. The number of carboxylic acid groups (broad SMARTS) is 2. The molecule has 1 aromatic rings. The lowest BCUT2D eigenvalue weighted by Gasteiger charge is -2.18. The van der Waals surface area contributed by atoms with Gasteiger partial charge in [0, 0.05) is 5.69 Å². The average Bonchev–Trinajstić information content (AvgIpc) is 2.92. The molecule has 1 aliphatic rings. The number of aromatic carboxylic acids is 1. The lowest BCUT2D eigenvalue weighted by molar-refractivity contribution is -0.147. The lowest BCUT2D eigenvalue weighted by Crippen LogP contribution is -2.34. The van der Waals surface area contributed by atoms with E-state index < -0.39 is 23.8 Å². The van der Waals surface area contributed by atoms with Gasteiger partial charge in [0.1, 0.15) is 5.92 Å². The van der Waals surface area contributed by atoms with Crippen LogP contribution in [0, 0.1) is 11.8 Å². The van der Waals surface area contributed by atoms with Crippen LogP contribution in [-0.4, -0.2) is 28.1 Å². The fourth-order valence-corrected chi connectivity index (χ4v) is 2.73. The predicted molar refractivity (Wildman–Crippen MR) is 75.1 cm³/mol. The van der Waals surface area contributed by atoms with E-state index >= 15 is 0 Å². The van der Waals surface area contributed by atoms with E-state index in [0.717, 1.165) is 25.7 Å². The molecule has 1 atom stereocenters. The van der Waals surface area contributed by atoms with Gasteiger partial charge < -0.3 is 15.5 Å². The number of nitrogens with one attached hydrogen (secondary N) is 1. The van der Waals surface area contributed by atoms with E-state index in [1.54, 1.807) is 0 Å². The van der Waals surface area contributed by atoms with Gasteiger partial charge in [-0.1, -0.05) is 12.8 Å². The van der Waals surface area contributed by atoms with Crippen LogP contribution in [0.4, 0.5) is 5.69 Å². The van der Waals surface area contributed by atoms with Gasteiger partial charge in [0.2, 0.25) is 5.91 Å². The van der Waals surface area contributed by atoms with E-state index in [0.29, 0.717) is 5.69 Å². The normalized spacial score (nSPS) is 16.4. The van der Waals surface area contributed by atoms with Crippen molar-refractivity contribution < 1.29 is 24.6 Å². The third-order valence-electron chi connectivity index (χ3n) is 3.82. The van der Waals surface area contributed by atoms with Crippen molar-refractivity contribution in [1.82, 2.24) is 0 Å². The SMILES string of the molecule is O=C(O)c1ccc(NC(=O)C(C(=O)O)C2CCCC2)cc1. The Bertz CT molecular complexity index is 546. The first kappa shape index (κ1) is 15.0. The fraction of sp³-hybridized carbons (Fsp3) is 0.400. The molecule has 0 heterocycles. The molecule has 2 rings (SSSR count). The topological polar surface area (TPSA) is 104 Å². The fourth-order valence-electron chi connectivity index (χ4n) is 2.73. The molecular formula is C15H17NO5. The molecular weight excluding hydrogens is 274 g/mol. The van der Waals surface area contributed by atoms with E-state index in [4.69, 9.17) is 5.11 Å². The standard InChI is InChI=1S/C15H17NO5/c17-13(12(15(20)21)9-3-1-2-4-9)16-11-7-5-10(6-8-11)14(18)19/h5-9,12H,1-4H2,(H,16,17)(H,18,19)(H,20,21). The highest BCUT2D eigenvalue weighted by molar-refractivity contribution is 6.04. The zero-order chi connectivity index (χ0) is 15.4. The van der Waals surface area contributed by atoms with E-state index in [1.165, 1.54) is 24.3 Å². The third kappa shape index (κ3) is 3.59. The van der Waals surface area contributed by atoms with Crippen molar-refractivity contribution in [3.63, 3.8) is 0 Å². The highest BCUT2D eigenvalue weighted by Gasteiger charge is 2.36. The van der Waals surface area contributed by atoms with Crippen LogP contribution in [0.1, 0.15) is 36.0 Å². The third-order valence-corrected chi connectivity index (χ3v) is 3.82. The van der Waals surface area contributed by atoms with Crippen LogP contribution in [0.2, 0.25) is 0 Å². The molecule has 3 N–H and O–H groups in total. The second-order valence-corrected chi connectivity index (χ2v) is 5.23. The highest BCUT2D eigenvalue weighted by Crippen LogP contribution is 2.32. The van der Waals surface area contributed by atoms with E-state index in [9.17, 15) is 19.5 Å². The number of carbonyl (C=O) groups is 3. The quantitative estimate of drug-likeness (QED) is 0.722. The van der Waals surface area contributed by atoms with Crippen molar-refractivity contribution in [3.8, 4) is 0 Å². The molecule has 1 unspecified atom stereocenters. The smallest absolute Gasteiger partial charge is 0.335 e. The summed E-state index contributed by atoms with van der Waals surface area (Å²) < 4.78 is 0. The summed E-state index contributed by atoms with van der Waals surface area (Å²) in [6.07, 6.45) is 3.41. The van der Waals surface area contributed by atoms with Crippen LogP contribution >= 0.6 is 0 Å². The second kappa shape index (κ2) is 6.39. The Morgan fingerprint density at radius 3 is 2.10 bits per heavy atom. The first-order valence-electron chi connectivity index (χ1n) is 6.86. The number of carboxylic acids is 2. The Morgan fingerprint density at radius 2 is 1.62 bits per heavy atom. The minimum atomic E-state index is -1.11. The number of amides is 1. The number of carbonyl (C=O) groups excluding carboxylic acids is 1. The second-order valence-electron chi connectivity index (χ2n) is 5.23. The molecule has 1 aliphatic carbocycles. The molecule has 1 fully saturated rings. The van der Waals surface area contributed by atoms with Gasteiger partial charge >= 0.3 is 11.9 Å². The Labute approximate surface area is 121 Å². The summed E-state index contributed by atoms with van der Waals surface area (Å²) >= 11 is 0. The lowest BCUT2D eigenvalue weighted by atomic mass is 9.90. The van der Waals surface area contributed by atoms with Gasteiger partial charge in [-0.25, -0.2) is 4.79 Å². The number of hydrogen-bond acceptors (Lipinski definition) is 3. The van der Waals surface area contributed by atoms with E-state index in [1.807, 2.05) is 0 Å². The molecule has 1 amide bonds. The largest absolute Gasteiger partial charge is 0.481 e. The van der Waals surface area contributed by atoms with Gasteiger partial charge in [-0.2, -0.15) is 0 Å². The van der Waals surface area contributed by atoms with Gasteiger partial charge in [-0.3, -0.25) is 9.59 Å². The van der Waals surface area contributed by atoms with Gasteiger partial charge in [-0.05, 0) is 43.0 Å². The summed E-state index contributed by atoms with van der Waals surface area (Å²) in [5.41, 5.74) is 0.507. The molecule has 0 spiro atoms. The van der Waals surface area contributed by atoms with Crippen molar-refractivity contribution >= 4 is 23.5 Å². The number of aliphatic carboxylic acids is 1. The summed E-state index contributed by atoms with van der Waals surface area (Å²) in [5, 5.41) is 20.6. The Morgan fingerprint density at radius 1 is 1.05 bits per heavy atom. The molecule has 21 heavy (non-hydrogen) atoms. The molecule has 1 saturated carbocycles. The van der Waals surface area contributed by atoms with Gasteiger partial charge in [0.25, 0.3) is 0 Å². The predicted octanol–water partition coefficient (Wildman–Crippen LogP) is 2.21.